The third-order valence-electron chi connectivity index (χ3n) is 3.02. The Kier molecular flexibility index (Phi) is 4.65. The molecule has 0 bridgehead atoms. The Bertz CT molecular complexity index is 539. The van der Waals surface area contributed by atoms with Crippen LogP contribution in [0.2, 0.25) is 0 Å². The molecule has 0 fully saturated rings. The molecular weight excluding hydrogens is 268 g/mol. The molecule has 1 heterocycles. The summed E-state index contributed by atoms with van der Waals surface area (Å²) in [4.78, 5) is 15.9. The first-order valence-electron chi connectivity index (χ1n) is 6.72. The van der Waals surface area contributed by atoms with Gasteiger partial charge >= 0.3 is 0 Å². The van der Waals surface area contributed by atoms with E-state index in [2.05, 4.69) is 43.2 Å². The molecule has 1 N–H and O–H groups in total. The van der Waals surface area contributed by atoms with Crippen LogP contribution in [0.1, 0.15) is 31.9 Å². The summed E-state index contributed by atoms with van der Waals surface area (Å²) in [7, 11) is 0. The molecule has 2 rings (SSSR count). The fourth-order valence-corrected chi connectivity index (χ4v) is 2.56. The second kappa shape index (κ2) is 6.27. The molecule has 0 saturated carbocycles. The largest absolute Gasteiger partial charge is 0.302 e. The zero-order valence-electron chi connectivity index (χ0n) is 12.1. The van der Waals surface area contributed by atoms with Crippen LogP contribution in [0, 0.1) is 0 Å². The monoisotopic (exact) mass is 288 g/mol. The van der Waals surface area contributed by atoms with Crippen molar-refractivity contribution >= 4 is 28.9 Å². The summed E-state index contributed by atoms with van der Waals surface area (Å²) < 4.78 is 0. The van der Waals surface area contributed by atoms with Gasteiger partial charge in [-0.05, 0) is 22.6 Å². The molecule has 4 heteroatoms. The highest BCUT2D eigenvalue weighted by atomic mass is 32.2. The van der Waals surface area contributed by atoms with Crippen LogP contribution in [0.15, 0.2) is 35.3 Å². The highest BCUT2D eigenvalue weighted by Crippen LogP contribution is 2.22. The normalized spacial score (nSPS) is 15.4. The number of carbonyl (C=O) groups excluding carboxylic acids is 1. The molecule has 0 saturated heterocycles. The quantitative estimate of drug-likeness (QED) is 0.849. The summed E-state index contributed by atoms with van der Waals surface area (Å²) in [5.74, 6) is 0.825. The minimum absolute atomic E-state index is 0.127. The molecule has 106 valence electrons. The Labute approximate surface area is 124 Å². The first kappa shape index (κ1) is 14.9. The molecule has 3 nitrogen and oxygen atoms in total. The number of aliphatic imine (C=N–C) groups is 1. The fraction of sp³-hybridized carbons (Fsp3) is 0.375. The van der Waals surface area contributed by atoms with Gasteiger partial charge in [-0.1, -0.05) is 56.8 Å². The molecule has 0 aliphatic carbocycles. The Morgan fingerprint density at radius 3 is 2.55 bits per heavy atom. The third kappa shape index (κ3) is 4.23. The van der Waals surface area contributed by atoms with E-state index in [9.17, 15) is 4.79 Å². The molecule has 1 aliphatic rings. The number of rotatable bonds is 2. The maximum absolute atomic E-state index is 11.7. The van der Waals surface area contributed by atoms with Crippen molar-refractivity contribution in [3.8, 4) is 0 Å². The topological polar surface area (TPSA) is 41.5 Å². The molecule has 1 aromatic rings. The molecule has 0 unspecified atom stereocenters. The number of amides is 1. The molecule has 0 atom stereocenters. The predicted octanol–water partition coefficient (Wildman–Crippen LogP) is 3.22. The molecule has 0 radical (unpaired) electrons. The average Bonchev–Trinajstić information content (AvgIpc) is 2.88. The lowest BCUT2D eigenvalue weighted by Crippen LogP contribution is -2.25. The lowest BCUT2D eigenvalue weighted by Gasteiger charge is -2.18. The van der Waals surface area contributed by atoms with E-state index in [0.717, 1.165) is 23.0 Å². The first-order chi connectivity index (χ1) is 9.45. The zero-order chi connectivity index (χ0) is 14.6. The molecule has 20 heavy (non-hydrogen) atoms. The van der Waals surface area contributed by atoms with E-state index in [-0.39, 0.29) is 11.3 Å². The van der Waals surface area contributed by atoms with Gasteiger partial charge in [-0.2, -0.15) is 0 Å². The van der Waals surface area contributed by atoms with Gasteiger partial charge in [-0.3, -0.25) is 9.79 Å². The number of carbonyl (C=O) groups is 1. The van der Waals surface area contributed by atoms with Crippen molar-refractivity contribution in [3.63, 3.8) is 0 Å². The highest BCUT2D eigenvalue weighted by Gasteiger charge is 2.12. The van der Waals surface area contributed by atoms with Gasteiger partial charge in [-0.25, -0.2) is 0 Å². The second-order valence-electron chi connectivity index (χ2n) is 5.73. The number of nitrogens with one attached hydrogen (secondary N) is 1. The predicted molar refractivity (Wildman–Crippen MR) is 87.1 cm³/mol. The van der Waals surface area contributed by atoms with Crippen LogP contribution in [0.3, 0.4) is 0 Å². The van der Waals surface area contributed by atoms with E-state index >= 15 is 0 Å². The molecule has 0 spiro atoms. The summed E-state index contributed by atoms with van der Waals surface area (Å²) >= 11 is 1.58. The van der Waals surface area contributed by atoms with E-state index in [1.54, 1.807) is 17.8 Å². The maximum Gasteiger partial charge on any atom is 0.249 e. The standard InChI is InChI=1S/C16H20N2OS/c1-16(2,3)13-7-4-12(5-8-13)6-9-14(19)18-15-17-10-11-20-15/h4-9H,10-11H2,1-3H3,(H,17,18,19)/b9-6+. The minimum atomic E-state index is -0.127. The second-order valence-corrected chi connectivity index (χ2v) is 6.81. The zero-order valence-corrected chi connectivity index (χ0v) is 13.0. The molecule has 1 aliphatic heterocycles. The van der Waals surface area contributed by atoms with E-state index in [0.29, 0.717) is 0 Å². The summed E-state index contributed by atoms with van der Waals surface area (Å²) in [6.45, 7) is 7.35. The van der Waals surface area contributed by atoms with Gasteiger partial charge < -0.3 is 5.32 Å². The van der Waals surface area contributed by atoms with E-state index in [1.807, 2.05) is 18.2 Å². The SMILES string of the molecule is CC(C)(C)c1ccc(/C=C/C(=O)NC2=NCCS2)cc1. The van der Waals surface area contributed by atoms with Crippen molar-refractivity contribution in [1.82, 2.24) is 5.32 Å². The Morgan fingerprint density at radius 2 is 2.00 bits per heavy atom. The van der Waals surface area contributed by atoms with Gasteiger partial charge in [0.2, 0.25) is 5.91 Å². The van der Waals surface area contributed by atoms with Gasteiger partial charge in [0, 0.05) is 11.8 Å². The number of thioether (sulfide) groups is 1. The lowest BCUT2D eigenvalue weighted by atomic mass is 9.87. The van der Waals surface area contributed by atoms with Gasteiger partial charge in [0.15, 0.2) is 5.17 Å². The van der Waals surface area contributed by atoms with Crippen LogP contribution in [0.5, 0.6) is 0 Å². The number of hydrogen-bond donors (Lipinski definition) is 1. The number of amidine groups is 1. The summed E-state index contributed by atoms with van der Waals surface area (Å²) in [5, 5.41) is 3.50. The lowest BCUT2D eigenvalue weighted by molar-refractivity contribution is -0.115. The smallest absolute Gasteiger partial charge is 0.249 e. The van der Waals surface area contributed by atoms with Crippen LogP contribution < -0.4 is 5.32 Å². The Morgan fingerprint density at radius 1 is 1.30 bits per heavy atom. The van der Waals surface area contributed by atoms with Gasteiger partial charge in [0.05, 0.1) is 6.54 Å². The van der Waals surface area contributed by atoms with E-state index in [1.165, 1.54) is 5.56 Å². The Balaban J connectivity index is 1.95. The molecule has 0 aromatic heterocycles. The van der Waals surface area contributed by atoms with Crippen LogP contribution in [0.25, 0.3) is 6.08 Å². The highest BCUT2D eigenvalue weighted by molar-refractivity contribution is 8.14. The van der Waals surface area contributed by atoms with Crippen molar-refractivity contribution in [2.75, 3.05) is 12.3 Å². The van der Waals surface area contributed by atoms with Gasteiger partial charge in [-0.15, -0.1) is 0 Å². The minimum Gasteiger partial charge on any atom is -0.302 e. The van der Waals surface area contributed by atoms with Crippen LogP contribution in [0.4, 0.5) is 0 Å². The summed E-state index contributed by atoms with van der Waals surface area (Å²) in [5.41, 5.74) is 2.46. The fourth-order valence-electron chi connectivity index (χ4n) is 1.82. The van der Waals surface area contributed by atoms with Crippen LogP contribution in [-0.2, 0) is 10.2 Å². The van der Waals surface area contributed by atoms with Crippen molar-refractivity contribution in [2.45, 2.75) is 26.2 Å². The molecular formula is C16H20N2OS. The van der Waals surface area contributed by atoms with Crippen molar-refractivity contribution in [3.05, 3.63) is 41.5 Å². The third-order valence-corrected chi connectivity index (χ3v) is 3.91. The summed E-state index contributed by atoms with van der Waals surface area (Å²) in [6.07, 6.45) is 3.37. The van der Waals surface area contributed by atoms with E-state index < -0.39 is 0 Å². The summed E-state index contributed by atoms with van der Waals surface area (Å²) in [6, 6.07) is 8.28. The first-order valence-corrected chi connectivity index (χ1v) is 7.70. The maximum atomic E-state index is 11.7. The van der Waals surface area contributed by atoms with Crippen molar-refractivity contribution in [2.24, 2.45) is 4.99 Å². The number of nitrogens with zero attached hydrogens (tertiary/aromatic N) is 1. The average molecular weight is 288 g/mol. The van der Waals surface area contributed by atoms with Gasteiger partial charge in [0.1, 0.15) is 0 Å². The number of benzene rings is 1. The van der Waals surface area contributed by atoms with Gasteiger partial charge in [0.25, 0.3) is 0 Å². The van der Waals surface area contributed by atoms with Crippen LogP contribution in [-0.4, -0.2) is 23.4 Å². The number of hydrogen-bond acceptors (Lipinski definition) is 3. The molecule has 1 aromatic carbocycles. The Hall–Kier alpha value is -1.55. The van der Waals surface area contributed by atoms with Crippen LogP contribution >= 0.6 is 11.8 Å². The van der Waals surface area contributed by atoms with E-state index in [4.69, 9.17) is 0 Å². The molecule has 1 amide bonds. The van der Waals surface area contributed by atoms with Crippen molar-refractivity contribution in [1.29, 1.82) is 0 Å². The van der Waals surface area contributed by atoms with Crippen molar-refractivity contribution < 1.29 is 4.79 Å².